The molecule has 0 heterocycles. The van der Waals surface area contributed by atoms with Crippen LogP contribution in [-0.2, 0) is 5.41 Å². The minimum Gasteiger partial charge on any atom is -0.496 e. The van der Waals surface area contributed by atoms with Crippen LogP contribution in [0, 0.1) is 17.8 Å². The third kappa shape index (κ3) is 3.05. The summed E-state index contributed by atoms with van der Waals surface area (Å²) >= 11 is 0. The minimum atomic E-state index is -2.48. The van der Waals surface area contributed by atoms with Crippen LogP contribution in [0.1, 0.15) is 58.6 Å². The van der Waals surface area contributed by atoms with Gasteiger partial charge in [-0.3, -0.25) is 0 Å². The SMILES string of the molecule is [2H]C([2H])([2H])Oc1ccc(-c2ccc3cc(C(=O)O)ccc3c2)cc1C12CC3CC(CC(C3)C1)C2. The van der Waals surface area contributed by atoms with Crippen molar-refractivity contribution in [1.29, 1.82) is 0 Å². The van der Waals surface area contributed by atoms with Gasteiger partial charge in [0.05, 0.1) is 16.7 Å². The lowest BCUT2D eigenvalue weighted by atomic mass is 9.48. The molecule has 0 atom stereocenters. The summed E-state index contributed by atoms with van der Waals surface area (Å²) in [5.41, 5.74) is 3.39. The van der Waals surface area contributed by atoms with E-state index in [-0.39, 0.29) is 11.0 Å². The first-order valence-electron chi connectivity index (χ1n) is 12.8. The van der Waals surface area contributed by atoms with E-state index in [1.165, 1.54) is 19.3 Å². The Morgan fingerprint density at radius 3 is 2.19 bits per heavy atom. The highest BCUT2D eigenvalue weighted by molar-refractivity contribution is 5.95. The van der Waals surface area contributed by atoms with Crippen molar-refractivity contribution >= 4 is 16.7 Å². The normalized spacial score (nSPS) is 30.6. The number of carbonyl (C=O) groups is 1. The van der Waals surface area contributed by atoms with Gasteiger partial charge in [-0.15, -0.1) is 0 Å². The van der Waals surface area contributed by atoms with Crippen LogP contribution in [-0.4, -0.2) is 18.1 Å². The molecule has 0 radical (unpaired) electrons. The molecule has 0 spiro atoms. The molecule has 4 bridgehead atoms. The third-order valence-electron chi connectivity index (χ3n) is 8.12. The highest BCUT2D eigenvalue weighted by Gasteiger charge is 2.52. The smallest absolute Gasteiger partial charge is 0.335 e. The second-order valence-electron chi connectivity index (χ2n) is 10.1. The summed E-state index contributed by atoms with van der Waals surface area (Å²) in [7, 11) is -2.48. The maximum Gasteiger partial charge on any atom is 0.335 e. The van der Waals surface area contributed by atoms with Crippen LogP contribution in [0.2, 0.25) is 0 Å². The topological polar surface area (TPSA) is 46.5 Å². The van der Waals surface area contributed by atoms with E-state index < -0.39 is 13.0 Å². The van der Waals surface area contributed by atoms with Gasteiger partial charge >= 0.3 is 5.97 Å². The van der Waals surface area contributed by atoms with Gasteiger partial charge in [0, 0.05) is 5.56 Å². The molecule has 3 aromatic carbocycles. The predicted octanol–water partition coefficient (Wildman–Crippen LogP) is 6.68. The summed E-state index contributed by atoms with van der Waals surface area (Å²) < 4.78 is 28.7. The zero-order valence-electron chi connectivity index (χ0n) is 20.4. The van der Waals surface area contributed by atoms with Gasteiger partial charge in [0.15, 0.2) is 0 Å². The van der Waals surface area contributed by atoms with Crippen LogP contribution in [0.5, 0.6) is 5.75 Å². The largest absolute Gasteiger partial charge is 0.496 e. The van der Waals surface area contributed by atoms with Crippen LogP contribution in [0.4, 0.5) is 0 Å². The Kier molecular flexibility index (Phi) is 3.51. The Morgan fingerprint density at radius 2 is 1.52 bits per heavy atom. The molecule has 4 fully saturated rings. The molecule has 7 rings (SSSR count). The monoisotopic (exact) mass is 415 g/mol. The first kappa shape index (κ1) is 15.9. The van der Waals surface area contributed by atoms with E-state index in [1.54, 1.807) is 12.1 Å². The lowest BCUT2D eigenvalue weighted by Crippen LogP contribution is -2.48. The Bertz CT molecular complexity index is 1260. The Labute approximate surface area is 187 Å². The van der Waals surface area contributed by atoms with E-state index in [9.17, 15) is 9.90 Å². The van der Waals surface area contributed by atoms with Crippen LogP contribution in [0.15, 0.2) is 54.6 Å². The van der Waals surface area contributed by atoms with E-state index in [1.807, 2.05) is 30.3 Å². The Morgan fingerprint density at radius 1 is 0.903 bits per heavy atom. The number of methoxy groups -OCH3 is 1. The van der Waals surface area contributed by atoms with Crippen molar-refractivity contribution in [2.75, 3.05) is 7.04 Å². The number of aromatic carboxylic acids is 1. The summed E-state index contributed by atoms with van der Waals surface area (Å²) in [6.45, 7) is 0. The molecule has 0 aliphatic heterocycles. The lowest BCUT2D eigenvalue weighted by Gasteiger charge is -2.57. The van der Waals surface area contributed by atoms with Crippen molar-refractivity contribution in [3.8, 4) is 16.9 Å². The van der Waals surface area contributed by atoms with Crippen LogP contribution >= 0.6 is 0 Å². The molecule has 3 nitrogen and oxygen atoms in total. The van der Waals surface area contributed by atoms with Crippen LogP contribution in [0.25, 0.3) is 21.9 Å². The Hall–Kier alpha value is -2.81. The highest BCUT2D eigenvalue weighted by Crippen LogP contribution is 2.62. The molecule has 3 aromatic rings. The molecule has 4 aliphatic carbocycles. The summed E-state index contributed by atoms with van der Waals surface area (Å²) in [6.07, 6.45) is 7.31. The van der Waals surface area contributed by atoms with Gasteiger partial charge in [0.2, 0.25) is 0 Å². The Balaban J connectivity index is 1.44. The summed E-state index contributed by atoms with van der Waals surface area (Å²) in [4.78, 5) is 11.3. The number of benzene rings is 3. The number of carboxylic acid groups (broad SMARTS) is 1. The van der Waals surface area contributed by atoms with Crippen molar-refractivity contribution in [3.63, 3.8) is 0 Å². The third-order valence-corrected chi connectivity index (χ3v) is 8.12. The number of carboxylic acids is 1. The van der Waals surface area contributed by atoms with E-state index >= 15 is 0 Å². The molecule has 4 saturated carbocycles. The zero-order valence-corrected chi connectivity index (χ0v) is 17.4. The standard InChI is InChI=1S/C28H28O3/c1-31-26-7-6-23(21-2-3-22-12-24(27(29)30)5-4-20(22)11-21)13-25(26)28-14-17-8-18(15-28)10-19(9-17)16-28/h2-7,11-13,17-19H,8-10,14-16H2,1H3,(H,29,30)/i1D3. The molecule has 3 heteroatoms. The van der Waals surface area contributed by atoms with Gasteiger partial charge in [-0.05, 0) is 114 Å². The highest BCUT2D eigenvalue weighted by atomic mass is 16.5. The van der Waals surface area contributed by atoms with Gasteiger partial charge in [0.1, 0.15) is 5.75 Å². The number of rotatable bonds is 4. The first-order chi connectivity index (χ1) is 16.2. The van der Waals surface area contributed by atoms with E-state index in [2.05, 4.69) is 12.1 Å². The quantitative estimate of drug-likeness (QED) is 0.517. The van der Waals surface area contributed by atoms with Crippen LogP contribution < -0.4 is 4.74 Å². The van der Waals surface area contributed by atoms with Gasteiger partial charge < -0.3 is 9.84 Å². The second-order valence-corrected chi connectivity index (χ2v) is 10.1. The van der Waals surface area contributed by atoms with Gasteiger partial charge in [-0.1, -0.05) is 24.3 Å². The molecule has 0 aromatic heterocycles. The maximum atomic E-state index is 11.3. The molecule has 158 valence electrons. The number of fused-ring (bicyclic) bond motifs is 1. The summed E-state index contributed by atoms with van der Waals surface area (Å²) in [5, 5.41) is 11.1. The number of hydrogen-bond acceptors (Lipinski definition) is 2. The molecule has 0 unspecified atom stereocenters. The van der Waals surface area contributed by atoms with Crippen molar-refractivity contribution in [3.05, 3.63) is 65.7 Å². The maximum absolute atomic E-state index is 11.3. The molecule has 1 N–H and O–H groups in total. The minimum absolute atomic E-state index is 0.00141. The van der Waals surface area contributed by atoms with Crippen molar-refractivity contribution in [2.24, 2.45) is 17.8 Å². The van der Waals surface area contributed by atoms with Crippen molar-refractivity contribution in [1.82, 2.24) is 0 Å². The van der Waals surface area contributed by atoms with Crippen molar-refractivity contribution in [2.45, 2.75) is 43.9 Å². The van der Waals surface area contributed by atoms with Gasteiger partial charge in [-0.25, -0.2) is 4.79 Å². The average Bonchev–Trinajstić information content (AvgIpc) is 2.76. The van der Waals surface area contributed by atoms with Crippen molar-refractivity contribution < 1.29 is 18.8 Å². The number of ether oxygens (including phenoxy) is 1. The van der Waals surface area contributed by atoms with Crippen LogP contribution in [0.3, 0.4) is 0 Å². The predicted molar refractivity (Wildman–Crippen MR) is 123 cm³/mol. The fraction of sp³-hybridized carbons (Fsp3) is 0.393. The molecule has 31 heavy (non-hydrogen) atoms. The van der Waals surface area contributed by atoms with Gasteiger partial charge in [-0.2, -0.15) is 0 Å². The fourth-order valence-electron chi connectivity index (χ4n) is 7.21. The van der Waals surface area contributed by atoms with E-state index in [4.69, 9.17) is 8.85 Å². The molecular weight excluding hydrogens is 384 g/mol. The molecule has 4 aliphatic rings. The lowest BCUT2D eigenvalue weighted by molar-refractivity contribution is -0.00613. The van der Waals surface area contributed by atoms with E-state index in [0.717, 1.165) is 64.5 Å². The number of hydrogen-bond donors (Lipinski definition) is 1. The second kappa shape index (κ2) is 6.85. The molecule has 0 amide bonds. The molecular formula is C28H28O3. The molecule has 0 saturated heterocycles. The van der Waals surface area contributed by atoms with Gasteiger partial charge in [0.25, 0.3) is 0 Å². The summed E-state index contributed by atoms with van der Waals surface area (Å²) in [6, 6.07) is 17.1. The zero-order chi connectivity index (χ0) is 23.7. The fourth-order valence-corrected chi connectivity index (χ4v) is 7.21. The summed E-state index contributed by atoms with van der Waals surface area (Å²) in [5.74, 6) is 1.77. The average molecular weight is 416 g/mol. The van der Waals surface area contributed by atoms with E-state index in [0.29, 0.717) is 5.75 Å². The first-order valence-corrected chi connectivity index (χ1v) is 11.3.